The van der Waals surface area contributed by atoms with E-state index < -0.39 is 0 Å². The zero-order valence-corrected chi connectivity index (χ0v) is 23.2. The van der Waals surface area contributed by atoms with Crippen molar-refractivity contribution in [3.63, 3.8) is 0 Å². The van der Waals surface area contributed by atoms with Gasteiger partial charge in [-0.2, -0.15) is 0 Å². The van der Waals surface area contributed by atoms with E-state index in [1.54, 1.807) is 0 Å². The van der Waals surface area contributed by atoms with Gasteiger partial charge in [0.15, 0.2) is 0 Å². The maximum Gasteiger partial charge on any atom is -0.00141 e. The van der Waals surface area contributed by atoms with Gasteiger partial charge in [-0.25, -0.2) is 0 Å². The number of benzene rings is 8. The number of fused-ring (bicyclic) bond motifs is 3. The van der Waals surface area contributed by atoms with E-state index in [0.29, 0.717) is 0 Å². The molecule has 0 saturated carbocycles. The number of rotatable bonds is 4. The van der Waals surface area contributed by atoms with Crippen LogP contribution in [0.25, 0.3) is 76.8 Å². The molecule has 196 valence electrons. The highest BCUT2D eigenvalue weighted by molar-refractivity contribution is 6.21. The van der Waals surface area contributed by atoms with E-state index in [0.717, 1.165) is 0 Å². The fraction of sp³-hybridized carbons (Fsp3) is 0. The van der Waals surface area contributed by atoms with Crippen LogP contribution in [0.5, 0.6) is 0 Å². The van der Waals surface area contributed by atoms with Gasteiger partial charge in [0.2, 0.25) is 0 Å². The Morgan fingerprint density at radius 3 is 0.833 bits per heavy atom. The molecule has 0 spiro atoms. The third-order valence-corrected chi connectivity index (χ3v) is 8.38. The molecule has 0 aromatic heterocycles. The summed E-state index contributed by atoms with van der Waals surface area (Å²) in [7, 11) is 0. The lowest BCUT2D eigenvalue weighted by molar-refractivity contribution is 1.57. The van der Waals surface area contributed by atoms with Crippen molar-refractivity contribution in [2.75, 3.05) is 0 Å². The van der Waals surface area contributed by atoms with E-state index in [1.807, 2.05) is 0 Å². The fourth-order valence-electron chi connectivity index (χ4n) is 6.52. The second-order valence-corrected chi connectivity index (χ2v) is 10.9. The molecule has 8 aromatic rings. The van der Waals surface area contributed by atoms with Crippen molar-refractivity contribution in [2.24, 2.45) is 0 Å². The van der Waals surface area contributed by atoms with E-state index in [9.17, 15) is 0 Å². The van der Waals surface area contributed by atoms with Crippen LogP contribution in [-0.2, 0) is 0 Å². The van der Waals surface area contributed by atoms with Crippen LogP contribution in [0.4, 0.5) is 0 Å². The van der Waals surface area contributed by atoms with Gasteiger partial charge in [0.05, 0.1) is 0 Å². The minimum absolute atomic E-state index is 1.22. The Balaban J connectivity index is 1.66. The monoisotopic (exact) mass is 532 g/mol. The zero-order valence-electron chi connectivity index (χ0n) is 23.2. The van der Waals surface area contributed by atoms with Crippen molar-refractivity contribution in [2.45, 2.75) is 0 Å². The lowest BCUT2D eigenvalue weighted by Crippen LogP contribution is -1.97. The predicted octanol–water partition coefficient (Wildman–Crippen LogP) is 11.8. The summed E-state index contributed by atoms with van der Waals surface area (Å²) in [5, 5.41) is 7.56. The Morgan fingerprint density at radius 1 is 0.214 bits per heavy atom. The molecule has 0 atom stereocenters. The average molecular weight is 533 g/mol. The normalized spacial score (nSPS) is 11.3. The first kappa shape index (κ1) is 24.3. The summed E-state index contributed by atoms with van der Waals surface area (Å²) in [5.74, 6) is 0. The van der Waals surface area contributed by atoms with Gasteiger partial charge in [0.1, 0.15) is 0 Å². The molecule has 0 nitrogen and oxygen atoms in total. The van der Waals surface area contributed by atoms with E-state index in [2.05, 4.69) is 170 Å². The van der Waals surface area contributed by atoms with Crippen molar-refractivity contribution in [3.05, 3.63) is 170 Å². The number of hydrogen-bond donors (Lipinski definition) is 0. The van der Waals surface area contributed by atoms with Crippen molar-refractivity contribution in [3.8, 4) is 44.5 Å². The summed E-state index contributed by atoms with van der Waals surface area (Å²) in [6, 6.07) is 61.8. The molecule has 0 aliphatic heterocycles. The second kappa shape index (κ2) is 10.2. The van der Waals surface area contributed by atoms with Crippen LogP contribution in [0.15, 0.2) is 170 Å². The molecule has 0 bridgehead atoms. The van der Waals surface area contributed by atoms with Gasteiger partial charge in [0.25, 0.3) is 0 Å². The Morgan fingerprint density at radius 2 is 0.500 bits per heavy atom. The first-order chi connectivity index (χ1) is 20.8. The molecule has 0 heteroatoms. The zero-order chi connectivity index (χ0) is 27.9. The molecular weight excluding hydrogens is 504 g/mol. The minimum Gasteiger partial charge on any atom is -0.0622 e. The molecule has 0 fully saturated rings. The van der Waals surface area contributed by atoms with Crippen LogP contribution >= 0.6 is 0 Å². The highest BCUT2D eigenvalue weighted by atomic mass is 14.3. The Labute approximate surface area is 246 Å². The van der Waals surface area contributed by atoms with Gasteiger partial charge in [-0.05, 0) is 101 Å². The molecule has 0 unspecified atom stereocenters. The molecular formula is C42H28. The molecule has 0 aliphatic rings. The third-order valence-electron chi connectivity index (χ3n) is 8.38. The van der Waals surface area contributed by atoms with Crippen LogP contribution in [-0.4, -0.2) is 0 Å². The predicted molar refractivity (Wildman–Crippen MR) is 181 cm³/mol. The van der Waals surface area contributed by atoms with E-state index in [4.69, 9.17) is 0 Å². The summed E-state index contributed by atoms with van der Waals surface area (Å²) >= 11 is 0. The summed E-state index contributed by atoms with van der Waals surface area (Å²) < 4.78 is 0. The van der Waals surface area contributed by atoms with Crippen LogP contribution in [0.1, 0.15) is 0 Å². The third kappa shape index (κ3) is 4.08. The largest absolute Gasteiger partial charge is 0.0622 e. The fourth-order valence-corrected chi connectivity index (χ4v) is 6.52. The first-order valence-electron chi connectivity index (χ1n) is 14.5. The topological polar surface area (TPSA) is 0 Å². The van der Waals surface area contributed by atoms with Crippen LogP contribution < -0.4 is 0 Å². The highest BCUT2D eigenvalue weighted by Gasteiger charge is 2.24. The standard InChI is InChI=1S/C42H28/c1-5-15-29(16-6-1)39-37-27-35-25-33-23-13-14-24-34(33)26-36(35)28-38(37)40(30-17-7-2-8-18-30)42(32-21-11-4-12-22-32)41(39)31-19-9-3-10-20-31/h1-28H. The van der Waals surface area contributed by atoms with Gasteiger partial charge in [-0.15, -0.1) is 0 Å². The van der Waals surface area contributed by atoms with Crippen LogP contribution in [0.3, 0.4) is 0 Å². The first-order valence-corrected chi connectivity index (χ1v) is 14.5. The maximum absolute atomic E-state index is 2.42. The molecule has 0 N–H and O–H groups in total. The summed E-state index contributed by atoms with van der Waals surface area (Å²) in [5.41, 5.74) is 9.94. The minimum atomic E-state index is 1.22. The lowest BCUT2D eigenvalue weighted by atomic mass is 9.78. The van der Waals surface area contributed by atoms with Crippen molar-refractivity contribution in [1.29, 1.82) is 0 Å². The van der Waals surface area contributed by atoms with Gasteiger partial charge in [0, 0.05) is 0 Å². The molecule has 8 rings (SSSR count). The van der Waals surface area contributed by atoms with Crippen molar-refractivity contribution < 1.29 is 0 Å². The smallest absolute Gasteiger partial charge is 0.00141 e. The lowest BCUT2D eigenvalue weighted by Gasteiger charge is -2.24. The molecule has 0 radical (unpaired) electrons. The van der Waals surface area contributed by atoms with Gasteiger partial charge < -0.3 is 0 Å². The van der Waals surface area contributed by atoms with Gasteiger partial charge in [-0.1, -0.05) is 146 Å². The summed E-state index contributed by atoms with van der Waals surface area (Å²) in [6.45, 7) is 0. The molecule has 42 heavy (non-hydrogen) atoms. The SMILES string of the molecule is c1ccc(-c2c(-c3ccccc3)c(-c3ccccc3)c3cc4cc5ccccc5cc4cc3c2-c2ccccc2)cc1. The van der Waals surface area contributed by atoms with Gasteiger partial charge >= 0.3 is 0 Å². The van der Waals surface area contributed by atoms with Crippen LogP contribution in [0, 0.1) is 0 Å². The quantitative estimate of drug-likeness (QED) is 0.198. The van der Waals surface area contributed by atoms with Crippen molar-refractivity contribution >= 4 is 32.3 Å². The summed E-state index contributed by atoms with van der Waals surface area (Å²) in [4.78, 5) is 0. The van der Waals surface area contributed by atoms with E-state index in [-0.39, 0.29) is 0 Å². The highest BCUT2D eigenvalue weighted by Crippen LogP contribution is 2.51. The Bertz CT molecular complexity index is 2030. The van der Waals surface area contributed by atoms with Crippen LogP contribution in [0.2, 0.25) is 0 Å². The summed E-state index contributed by atoms with van der Waals surface area (Å²) in [6.07, 6.45) is 0. The van der Waals surface area contributed by atoms with E-state index in [1.165, 1.54) is 76.8 Å². The maximum atomic E-state index is 2.42. The molecule has 0 aliphatic carbocycles. The van der Waals surface area contributed by atoms with Crippen molar-refractivity contribution in [1.82, 2.24) is 0 Å². The Kier molecular flexibility index (Phi) is 5.90. The number of hydrogen-bond acceptors (Lipinski definition) is 0. The Hall–Kier alpha value is -5.46. The van der Waals surface area contributed by atoms with Gasteiger partial charge in [-0.3, -0.25) is 0 Å². The average Bonchev–Trinajstić information content (AvgIpc) is 3.07. The molecule has 0 heterocycles. The molecule has 0 saturated heterocycles. The second-order valence-electron chi connectivity index (χ2n) is 10.9. The molecule has 8 aromatic carbocycles. The molecule has 0 amide bonds. The van der Waals surface area contributed by atoms with E-state index >= 15 is 0 Å².